The molecule has 0 bridgehead atoms. The fourth-order valence-corrected chi connectivity index (χ4v) is 1.77. The van der Waals surface area contributed by atoms with E-state index in [2.05, 4.69) is 5.43 Å². The molecule has 4 nitrogen and oxygen atoms in total. The molecule has 1 saturated carbocycles. The molecule has 0 spiro atoms. The van der Waals surface area contributed by atoms with Crippen molar-refractivity contribution in [2.45, 2.75) is 32.8 Å². The summed E-state index contributed by atoms with van der Waals surface area (Å²) in [5.41, 5.74) is 2.69. The molecule has 4 heteroatoms. The summed E-state index contributed by atoms with van der Waals surface area (Å²) in [5.74, 6) is 1.51. The molecule has 2 aliphatic rings. The maximum absolute atomic E-state index is 11.6. The molecule has 1 heterocycles. The van der Waals surface area contributed by atoms with Gasteiger partial charge in [0.05, 0.1) is 0 Å². The summed E-state index contributed by atoms with van der Waals surface area (Å²) < 4.78 is 5.27. The minimum absolute atomic E-state index is 0.247. The number of nitrogens with zero attached hydrogens (tertiary/aromatic N) is 1. The molecule has 0 unspecified atom stereocenters. The molecule has 0 aromatic heterocycles. The Bertz CT molecular complexity index is 247. The van der Waals surface area contributed by atoms with E-state index in [4.69, 9.17) is 4.74 Å². The first-order chi connectivity index (χ1) is 6.46. The van der Waals surface area contributed by atoms with Gasteiger partial charge in [0.15, 0.2) is 0 Å². The average Bonchev–Trinajstić information content (AvgIpc) is 2.77. The number of carbonyl (C=O) groups excluding carboxylic acids is 1. The fraction of sp³-hybridized carbons (Fsp3) is 0.900. The van der Waals surface area contributed by atoms with Gasteiger partial charge in [0, 0.05) is 13.1 Å². The van der Waals surface area contributed by atoms with Gasteiger partial charge in [0.2, 0.25) is 0 Å². The van der Waals surface area contributed by atoms with Gasteiger partial charge in [-0.15, -0.1) is 0 Å². The summed E-state index contributed by atoms with van der Waals surface area (Å²) in [6.45, 7) is 7.38. The number of hydrazine groups is 1. The number of amides is 1. The number of hydrogen-bond donors (Lipinski definition) is 1. The Morgan fingerprint density at radius 1 is 1.43 bits per heavy atom. The van der Waals surface area contributed by atoms with Gasteiger partial charge in [-0.1, -0.05) is 0 Å². The van der Waals surface area contributed by atoms with E-state index in [-0.39, 0.29) is 6.09 Å². The third-order valence-electron chi connectivity index (χ3n) is 2.64. The molecule has 2 atom stereocenters. The maximum atomic E-state index is 11.6. The zero-order valence-electron chi connectivity index (χ0n) is 9.04. The summed E-state index contributed by atoms with van der Waals surface area (Å²) in [7, 11) is 0. The van der Waals surface area contributed by atoms with E-state index in [1.54, 1.807) is 5.01 Å². The van der Waals surface area contributed by atoms with Gasteiger partial charge in [0.25, 0.3) is 0 Å². The lowest BCUT2D eigenvalue weighted by molar-refractivity contribution is 0.00782. The van der Waals surface area contributed by atoms with Crippen LogP contribution in [0.25, 0.3) is 0 Å². The van der Waals surface area contributed by atoms with Crippen LogP contribution in [-0.2, 0) is 4.74 Å². The Balaban J connectivity index is 1.85. The number of carbonyl (C=O) groups is 1. The maximum Gasteiger partial charge on any atom is 0.424 e. The average molecular weight is 198 g/mol. The van der Waals surface area contributed by atoms with Crippen LogP contribution in [0, 0.1) is 11.8 Å². The van der Waals surface area contributed by atoms with Crippen molar-refractivity contribution in [3.8, 4) is 0 Å². The fourth-order valence-electron chi connectivity index (χ4n) is 1.77. The van der Waals surface area contributed by atoms with E-state index < -0.39 is 5.60 Å². The second kappa shape index (κ2) is 3.12. The minimum Gasteiger partial charge on any atom is -0.443 e. The molecular weight excluding hydrogens is 180 g/mol. The van der Waals surface area contributed by atoms with Crippen molar-refractivity contribution in [1.82, 2.24) is 10.4 Å². The number of ether oxygens (including phenoxy) is 1. The smallest absolute Gasteiger partial charge is 0.424 e. The van der Waals surface area contributed by atoms with Crippen molar-refractivity contribution in [2.24, 2.45) is 11.8 Å². The number of hydrogen-bond acceptors (Lipinski definition) is 3. The predicted molar refractivity (Wildman–Crippen MR) is 52.5 cm³/mol. The van der Waals surface area contributed by atoms with Crippen molar-refractivity contribution in [3.05, 3.63) is 0 Å². The Labute approximate surface area is 84.6 Å². The molecule has 1 saturated heterocycles. The van der Waals surface area contributed by atoms with Crippen molar-refractivity contribution < 1.29 is 9.53 Å². The monoisotopic (exact) mass is 198 g/mol. The number of rotatable bonds is 0. The van der Waals surface area contributed by atoms with Crippen LogP contribution in [0.5, 0.6) is 0 Å². The van der Waals surface area contributed by atoms with Gasteiger partial charge in [0.1, 0.15) is 5.60 Å². The molecule has 1 N–H and O–H groups in total. The summed E-state index contributed by atoms with van der Waals surface area (Å²) in [6, 6.07) is 0. The third-order valence-corrected chi connectivity index (χ3v) is 2.64. The van der Waals surface area contributed by atoms with Crippen LogP contribution in [0.4, 0.5) is 4.79 Å². The van der Waals surface area contributed by atoms with Crippen molar-refractivity contribution in [1.29, 1.82) is 0 Å². The van der Waals surface area contributed by atoms with Crippen LogP contribution in [0.2, 0.25) is 0 Å². The summed E-state index contributed by atoms with van der Waals surface area (Å²) >= 11 is 0. The highest BCUT2D eigenvalue weighted by Gasteiger charge is 2.43. The van der Waals surface area contributed by atoms with Gasteiger partial charge < -0.3 is 4.74 Å². The summed E-state index contributed by atoms with van der Waals surface area (Å²) in [6.07, 6.45) is 1.01. The van der Waals surface area contributed by atoms with Crippen molar-refractivity contribution in [3.63, 3.8) is 0 Å². The topological polar surface area (TPSA) is 41.6 Å². The van der Waals surface area contributed by atoms with E-state index in [9.17, 15) is 4.79 Å². The first-order valence-electron chi connectivity index (χ1n) is 5.20. The Morgan fingerprint density at radius 3 is 2.71 bits per heavy atom. The SMILES string of the molecule is CC(C)(C)OC(=O)N1C[C@@H]2C[C@@H]2CN1. The highest BCUT2D eigenvalue weighted by molar-refractivity contribution is 5.67. The van der Waals surface area contributed by atoms with E-state index in [1.165, 1.54) is 6.42 Å². The van der Waals surface area contributed by atoms with Crippen LogP contribution >= 0.6 is 0 Å². The Kier molecular flexibility index (Phi) is 2.18. The van der Waals surface area contributed by atoms with Gasteiger partial charge in [-0.2, -0.15) is 0 Å². The van der Waals surface area contributed by atoms with E-state index in [1.807, 2.05) is 20.8 Å². The highest BCUT2D eigenvalue weighted by atomic mass is 16.6. The van der Waals surface area contributed by atoms with Crippen molar-refractivity contribution in [2.75, 3.05) is 13.1 Å². The Hall–Kier alpha value is -0.770. The molecule has 0 aromatic rings. The standard InChI is InChI=1S/C10H18N2O2/c1-10(2,3)14-9(13)12-6-8-4-7(8)5-11-12/h7-8,11H,4-6H2,1-3H3/t7-,8+/m1/s1. The molecule has 0 radical (unpaired) electrons. The second-order valence-corrected chi connectivity index (χ2v) is 5.21. The molecule has 2 fully saturated rings. The number of fused-ring (bicyclic) bond motifs is 1. The molecule has 0 aromatic carbocycles. The molecule has 80 valence electrons. The highest BCUT2D eigenvalue weighted by Crippen LogP contribution is 2.40. The van der Waals surface area contributed by atoms with Crippen LogP contribution in [0.15, 0.2) is 0 Å². The third kappa shape index (κ3) is 2.18. The molecular formula is C10H18N2O2. The Morgan fingerprint density at radius 2 is 2.14 bits per heavy atom. The summed E-state index contributed by atoms with van der Waals surface area (Å²) in [4.78, 5) is 11.6. The lowest BCUT2D eigenvalue weighted by Crippen LogP contribution is -2.50. The lowest BCUT2D eigenvalue weighted by atomic mass is 10.2. The lowest BCUT2D eigenvalue weighted by Gasteiger charge is -2.30. The predicted octanol–water partition coefficient (Wildman–Crippen LogP) is 1.38. The van der Waals surface area contributed by atoms with Gasteiger partial charge in [-0.25, -0.2) is 15.2 Å². The van der Waals surface area contributed by atoms with Crippen LogP contribution in [0.3, 0.4) is 0 Å². The van der Waals surface area contributed by atoms with Gasteiger partial charge in [-0.3, -0.25) is 0 Å². The van der Waals surface area contributed by atoms with E-state index >= 15 is 0 Å². The molecule has 2 rings (SSSR count). The minimum atomic E-state index is -0.404. The number of nitrogens with one attached hydrogen (secondary N) is 1. The van der Waals surface area contributed by atoms with Crippen LogP contribution in [-0.4, -0.2) is 29.8 Å². The van der Waals surface area contributed by atoms with Crippen molar-refractivity contribution >= 4 is 6.09 Å². The zero-order valence-corrected chi connectivity index (χ0v) is 9.04. The molecule has 14 heavy (non-hydrogen) atoms. The van der Waals surface area contributed by atoms with Gasteiger partial charge >= 0.3 is 6.09 Å². The molecule has 1 amide bonds. The largest absolute Gasteiger partial charge is 0.443 e. The zero-order chi connectivity index (χ0) is 10.3. The second-order valence-electron chi connectivity index (χ2n) is 5.21. The molecule has 1 aliphatic carbocycles. The normalized spacial score (nSPS) is 30.9. The van der Waals surface area contributed by atoms with Crippen LogP contribution in [0.1, 0.15) is 27.2 Å². The quantitative estimate of drug-likeness (QED) is 0.639. The summed E-state index contributed by atoms with van der Waals surface area (Å²) in [5, 5.41) is 1.61. The van der Waals surface area contributed by atoms with Crippen LogP contribution < -0.4 is 5.43 Å². The molecule has 1 aliphatic heterocycles. The first kappa shape index (κ1) is 9.77. The first-order valence-corrected chi connectivity index (χ1v) is 5.20. The van der Waals surface area contributed by atoms with Gasteiger partial charge in [-0.05, 0) is 39.0 Å². The van der Waals surface area contributed by atoms with E-state index in [0.29, 0.717) is 5.92 Å². The van der Waals surface area contributed by atoms with E-state index in [0.717, 1.165) is 19.0 Å².